The van der Waals surface area contributed by atoms with Gasteiger partial charge < -0.3 is 19.7 Å². The van der Waals surface area contributed by atoms with E-state index in [1.807, 2.05) is 39.0 Å². The maximum Gasteiger partial charge on any atom is 0.407 e. The number of hydrogen-bond acceptors (Lipinski definition) is 7. The van der Waals surface area contributed by atoms with Gasteiger partial charge in [0.25, 0.3) is 11.1 Å². The normalized spacial score (nSPS) is 20.2. The Morgan fingerprint density at radius 3 is 2.73 bits per heavy atom. The van der Waals surface area contributed by atoms with Crippen molar-refractivity contribution in [1.29, 1.82) is 0 Å². The number of rotatable bonds is 6. The van der Waals surface area contributed by atoms with Crippen LogP contribution in [0.1, 0.15) is 53.0 Å². The number of imide groups is 1. The largest absolute Gasteiger partial charge is 0.491 e. The van der Waals surface area contributed by atoms with E-state index < -0.39 is 17.6 Å². The second-order valence-electron chi connectivity index (χ2n) is 9.68. The van der Waals surface area contributed by atoms with Crippen LogP contribution in [0.5, 0.6) is 5.75 Å². The summed E-state index contributed by atoms with van der Waals surface area (Å²) in [7, 11) is 0. The Labute approximate surface area is 199 Å². The third-order valence-corrected chi connectivity index (χ3v) is 5.80. The van der Waals surface area contributed by atoms with E-state index in [2.05, 4.69) is 29.4 Å². The van der Waals surface area contributed by atoms with Crippen LogP contribution in [0.3, 0.4) is 0 Å². The molecule has 0 aliphatic carbocycles. The summed E-state index contributed by atoms with van der Waals surface area (Å²) >= 11 is 0.891. The van der Waals surface area contributed by atoms with Gasteiger partial charge in [-0.2, -0.15) is 0 Å². The SMILES string of the molecule is CC(C)COc1cccc(/C=C2/SC(=O)NC2=O)c1N1CCCC(NC(=O)OC(C)(C)C)C1. The molecule has 2 aliphatic rings. The number of anilines is 1. The molecule has 2 fully saturated rings. The maximum atomic E-state index is 12.3. The van der Waals surface area contributed by atoms with E-state index in [0.29, 0.717) is 29.7 Å². The molecule has 0 radical (unpaired) electrons. The quantitative estimate of drug-likeness (QED) is 0.583. The van der Waals surface area contributed by atoms with Gasteiger partial charge in [-0.25, -0.2) is 4.79 Å². The smallest absolute Gasteiger partial charge is 0.407 e. The van der Waals surface area contributed by atoms with Crippen molar-refractivity contribution in [3.63, 3.8) is 0 Å². The molecule has 3 rings (SSSR count). The molecule has 2 aliphatic heterocycles. The topological polar surface area (TPSA) is 97.0 Å². The van der Waals surface area contributed by atoms with Crippen molar-refractivity contribution in [3.8, 4) is 5.75 Å². The van der Waals surface area contributed by atoms with E-state index in [0.717, 1.165) is 42.4 Å². The van der Waals surface area contributed by atoms with Crippen LogP contribution >= 0.6 is 11.8 Å². The Morgan fingerprint density at radius 2 is 2.09 bits per heavy atom. The Hall–Kier alpha value is -2.68. The lowest BCUT2D eigenvalue weighted by Gasteiger charge is -2.36. The van der Waals surface area contributed by atoms with Crippen LogP contribution in [0.15, 0.2) is 23.1 Å². The monoisotopic (exact) mass is 475 g/mol. The van der Waals surface area contributed by atoms with Crippen LogP contribution in [0.25, 0.3) is 6.08 Å². The average molecular weight is 476 g/mol. The summed E-state index contributed by atoms with van der Waals surface area (Å²) in [5.74, 6) is 0.662. The second kappa shape index (κ2) is 10.5. The second-order valence-corrected chi connectivity index (χ2v) is 10.7. The van der Waals surface area contributed by atoms with Crippen LogP contribution in [-0.2, 0) is 9.53 Å². The highest BCUT2D eigenvalue weighted by Crippen LogP contribution is 2.37. The number of benzene rings is 1. The molecule has 1 atom stereocenters. The number of thioether (sulfide) groups is 1. The zero-order valence-electron chi connectivity index (χ0n) is 19.9. The van der Waals surface area contributed by atoms with Gasteiger partial charge in [-0.1, -0.05) is 26.0 Å². The Kier molecular flexibility index (Phi) is 7.94. The first-order valence-electron chi connectivity index (χ1n) is 11.3. The molecule has 2 saturated heterocycles. The molecule has 0 bridgehead atoms. The zero-order valence-corrected chi connectivity index (χ0v) is 20.7. The van der Waals surface area contributed by atoms with Gasteiger partial charge in [0.05, 0.1) is 17.2 Å². The standard InChI is InChI=1S/C24H33N3O5S/c1-15(2)14-31-18-10-6-8-16(12-19-21(28)26-23(30)33-19)20(18)27-11-7-9-17(13-27)25-22(29)32-24(3,4)5/h6,8,10,12,15,17H,7,9,11,13-14H2,1-5H3,(H,25,29)(H,26,28,30)/b19-12+. The minimum Gasteiger partial charge on any atom is -0.491 e. The molecule has 3 amide bonds. The minimum atomic E-state index is -0.563. The van der Waals surface area contributed by atoms with E-state index in [4.69, 9.17) is 9.47 Å². The fraction of sp³-hybridized carbons (Fsp3) is 0.542. The number of para-hydroxylation sites is 1. The summed E-state index contributed by atoms with van der Waals surface area (Å²) in [5.41, 5.74) is 1.09. The molecule has 0 aromatic heterocycles. The first-order chi connectivity index (χ1) is 15.5. The lowest BCUT2D eigenvalue weighted by Crippen LogP contribution is -2.49. The van der Waals surface area contributed by atoms with Crippen molar-refractivity contribution >= 4 is 40.8 Å². The first kappa shape index (κ1) is 25.0. The lowest BCUT2D eigenvalue weighted by atomic mass is 10.0. The van der Waals surface area contributed by atoms with E-state index in [9.17, 15) is 14.4 Å². The number of hydrogen-bond donors (Lipinski definition) is 2. The summed E-state index contributed by atoms with van der Waals surface area (Å²) < 4.78 is 11.6. The van der Waals surface area contributed by atoms with Crippen molar-refractivity contribution in [1.82, 2.24) is 10.6 Å². The molecule has 1 aromatic carbocycles. The summed E-state index contributed by atoms with van der Waals surface area (Å²) in [5, 5.41) is 4.90. The van der Waals surface area contributed by atoms with Crippen molar-refractivity contribution in [3.05, 3.63) is 28.7 Å². The summed E-state index contributed by atoms with van der Waals surface area (Å²) in [6.45, 7) is 11.6. The molecule has 9 heteroatoms. The summed E-state index contributed by atoms with van der Waals surface area (Å²) in [6, 6.07) is 5.62. The van der Waals surface area contributed by atoms with Crippen molar-refractivity contribution in [2.45, 2.75) is 59.1 Å². The van der Waals surface area contributed by atoms with Crippen molar-refractivity contribution < 1.29 is 23.9 Å². The molecule has 2 N–H and O–H groups in total. The van der Waals surface area contributed by atoms with Gasteiger partial charge in [0.2, 0.25) is 0 Å². The van der Waals surface area contributed by atoms with Crippen LogP contribution in [0.4, 0.5) is 15.3 Å². The Morgan fingerprint density at radius 1 is 1.33 bits per heavy atom. The van der Waals surface area contributed by atoms with Gasteiger partial charge in [-0.15, -0.1) is 0 Å². The molecule has 2 heterocycles. The zero-order chi connectivity index (χ0) is 24.2. The molecule has 1 unspecified atom stereocenters. The highest BCUT2D eigenvalue weighted by Gasteiger charge is 2.29. The van der Waals surface area contributed by atoms with Gasteiger partial charge in [0, 0.05) is 24.7 Å². The van der Waals surface area contributed by atoms with Gasteiger partial charge in [0.1, 0.15) is 11.4 Å². The van der Waals surface area contributed by atoms with Crippen LogP contribution in [0, 0.1) is 5.92 Å². The number of alkyl carbamates (subject to hydrolysis) is 1. The number of carbonyl (C=O) groups is 3. The van der Waals surface area contributed by atoms with E-state index in [1.54, 1.807) is 6.08 Å². The number of amides is 3. The molecule has 1 aromatic rings. The van der Waals surface area contributed by atoms with E-state index in [1.165, 1.54) is 0 Å². The van der Waals surface area contributed by atoms with Crippen molar-refractivity contribution in [2.24, 2.45) is 5.92 Å². The van der Waals surface area contributed by atoms with Crippen LogP contribution in [-0.4, -0.2) is 48.6 Å². The van der Waals surface area contributed by atoms with Gasteiger partial charge in [0.15, 0.2) is 0 Å². The lowest BCUT2D eigenvalue weighted by molar-refractivity contribution is -0.115. The third kappa shape index (κ3) is 7.15. The first-order valence-corrected chi connectivity index (χ1v) is 12.1. The Bertz CT molecular complexity index is 939. The van der Waals surface area contributed by atoms with Gasteiger partial charge in [-0.3, -0.25) is 14.9 Å². The van der Waals surface area contributed by atoms with E-state index >= 15 is 0 Å². The third-order valence-electron chi connectivity index (χ3n) is 4.99. The summed E-state index contributed by atoms with van der Waals surface area (Å²) in [4.78, 5) is 38.6. The fourth-order valence-electron chi connectivity index (χ4n) is 3.70. The molecular formula is C24H33N3O5S. The van der Waals surface area contributed by atoms with Crippen LogP contribution in [0.2, 0.25) is 0 Å². The average Bonchev–Trinajstić information content (AvgIpc) is 3.01. The number of ether oxygens (including phenoxy) is 2. The molecule has 0 saturated carbocycles. The van der Waals surface area contributed by atoms with Gasteiger partial charge in [-0.05, 0) is 63.4 Å². The number of carbonyl (C=O) groups excluding carboxylic acids is 3. The Balaban J connectivity index is 1.88. The maximum absolute atomic E-state index is 12.3. The predicted molar refractivity (Wildman–Crippen MR) is 130 cm³/mol. The van der Waals surface area contributed by atoms with Crippen molar-refractivity contribution in [2.75, 3.05) is 24.6 Å². The summed E-state index contributed by atoms with van der Waals surface area (Å²) in [6.07, 6.45) is 3.02. The van der Waals surface area contributed by atoms with Crippen LogP contribution < -0.4 is 20.3 Å². The number of nitrogens with zero attached hydrogens (tertiary/aromatic N) is 1. The number of nitrogens with one attached hydrogen (secondary N) is 2. The van der Waals surface area contributed by atoms with E-state index in [-0.39, 0.29) is 11.3 Å². The molecule has 180 valence electrons. The van der Waals surface area contributed by atoms with Gasteiger partial charge >= 0.3 is 6.09 Å². The highest BCUT2D eigenvalue weighted by atomic mass is 32.2. The molecule has 0 spiro atoms. The minimum absolute atomic E-state index is 0.0852. The molecular weight excluding hydrogens is 442 g/mol. The molecule has 33 heavy (non-hydrogen) atoms. The molecule has 8 nitrogen and oxygen atoms in total. The highest BCUT2D eigenvalue weighted by molar-refractivity contribution is 8.18. The predicted octanol–water partition coefficient (Wildman–Crippen LogP) is 4.54. The number of piperidine rings is 1. The fourth-order valence-corrected chi connectivity index (χ4v) is 4.37.